The second-order valence-electron chi connectivity index (χ2n) is 3.09. The summed E-state index contributed by atoms with van der Waals surface area (Å²) in [5.74, 6) is 0. The van der Waals surface area contributed by atoms with Crippen LogP contribution in [0.25, 0.3) is 0 Å². The van der Waals surface area contributed by atoms with Crippen molar-refractivity contribution in [2.24, 2.45) is 0 Å². The number of aliphatic hydroxyl groups is 1. The first-order valence-electron chi connectivity index (χ1n) is 4.51. The van der Waals surface area contributed by atoms with Crippen molar-refractivity contribution in [3.8, 4) is 0 Å². The lowest BCUT2D eigenvalue weighted by Crippen LogP contribution is -2.29. The number of nitrogens with one attached hydrogen (secondary N) is 1. The summed E-state index contributed by atoms with van der Waals surface area (Å²) in [4.78, 5) is 5.33. The Morgan fingerprint density at radius 3 is 3.07 bits per heavy atom. The fraction of sp³-hybridized carbons (Fsp3) is 0.667. The number of thiazole rings is 1. The summed E-state index contributed by atoms with van der Waals surface area (Å²) in [6.07, 6.45) is 1.42. The number of nitrogens with zero attached hydrogens (tertiary/aromatic N) is 1. The molecule has 1 aromatic heterocycles. The molecule has 0 saturated carbocycles. The minimum Gasteiger partial charge on any atom is -0.389 e. The lowest BCUT2D eigenvalue weighted by molar-refractivity contribution is 0.0644. The molecule has 0 amide bonds. The monoisotopic (exact) mass is 216 g/mol. The number of aromatic nitrogens is 1. The Hall–Kier alpha value is -0.490. The predicted molar refractivity (Wildman–Crippen MR) is 56.4 cm³/mol. The van der Waals surface area contributed by atoms with Gasteiger partial charge in [-0.15, -0.1) is 11.3 Å². The van der Waals surface area contributed by atoms with Crippen LogP contribution < -0.4 is 5.32 Å². The number of ether oxygens (including phenoxy) is 1. The third-order valence-corrected chi connectivity index (χ3v) is 2.62. The molecule has 5 heteroatoms. The van der Waals surface area contributed by atoms with Crippen LogP contribution in [0, 0.1) is 6.92 Å². The molecule has 0 fully saturated rings. The van der Waals surface area contributed by atoms with Crippen LogP contribution in [-0.2, 0) is 11.3 Å². The van der Waals surface area contributed by atoms with Gasteiger partial charge in [-0.1, -0.05) is 0 Å². The number of aryl methyl sites for hydroxylation is 1. The van der Waals surface area contributed by atoms with Gasteiger partial charge in [-0.3, -0.25) is 0 Å². The molecule has 0 aliphatic carbocycles. The summed E-state index contributed by atoms with van der Waals surface area (Å²) in [7, 11) is 1.58. The highest BCUT2D eigenvalue weighted by molar-refractivity contribution is 7.11. The molecule has 4 nitrogen and oxygen atoms in total. The van der Waals surface area contributed by atoms with E-state index >= 15 is 0 Å². The van der Waals surface area contributed by atoms with E-state index in [1.807, 2.05) is 13.1 Å². The number of hydrogen-bond donors (Lipinski definition) is 2. The molecule has 1 aromatic rings. The topological polar surface area (TPSA) is 54.4 Å². The van der Waals surface area contributed by atoms with Crippen LogP contribution in [0.2, 0.25) is 0 Å². The zero-order valence-electron chi connectivity index (χ0n) is 8.49. The van der Waals surface area contributed by atoms with E-state index in [9.17, 15) is 5.11 Å². The molecule has 1 rings (SSSR count). The lowest BCUT2D eigenvalue weighted by atomic mass is 10.4. The summed E-state index contributed by atoms with van der Waals surface area (Å²) in [5.41, 5.74) is 0. The zero-order valence-corrected chi connectivity index (χ0v) is 9.30. The summed E-state index contributed by atoms with van der Waals surface area (Å²) in [6.45, 7) is 3.65. The first-order valence-corrected chi connectivity index (χ1v) is 5.33. The van der Waals surface area contributed by atoms with Crippen molar-refractivity contribution >= 4 is 11.3 Å². The van der Waals surface area contributed by atoms with Crippen LogP contribution in [0.1, 0.15) is 9.88 Å². The number of rotatable bonds is 6. The maximum absolute atomic E-state index is 9.33. The van der Waals surface area contributed by atoms with Crippen LogP contribution in [-0.4, -0.2) is 36.5 Å². The molecule has 14 heavy (non-hydrogen) atoms. The van der Waals surface area contributed by atoms with Crippen molar-refractivity contribution in [2.75, 3.05) is 20.3 Å². The SMILES string of the molecule is COCC(O)CNCc1cnc(C)s1. The summed E-state index contributed by atoms with van der Waals surface area (Å²) in [6, 6.07) is 0. The summed E-state index contributed by atoms with van der Waals surface area (Å²) < 4.78 is 4.81. The number of aliphatic hydroxyl groups excluding tert-OH is 1. The molecular formula is C9H16N2O2S. The van der Waals surface area contributed by atoms with Crippen LogP contribution >= 0.6 is 11.3 Å². The second kappa shape index (κ2) is 6.08. The highest BCUT2D eigenvalue weighted by Gasteiger charge is 2.03. The van der Waals surface area contributed by atoms with Crippen LogP contribution in [0.5, 0.6) is 0 Å². The van der Waals surface area contributed by atoms with Crippen molar-refractivity contribution in [1.29, 1.82) is 0 Å². The Kier molecular flexibility index (Phi) is 5.03. The minimum absolute atomic E-state index is 0.370. The molecule has 0 spiro atoms. The highest BCUT2D eigenvalue weighted by Crippen LogP contribution is 2.10. The van der Waals surface area contributed by atoms with E-state index < -0.39 is 6.10 Å². The van der Waals surface area contributed by atoms with Gasteiger partial charge in [0, 0.05) is 31.3 Å². The first-order chi connectivity index (χ1) is 6.72. The smallest absolute Gasteiger partial charge is 0.0897 e. The van der Waals surface area contributed by atoms with E-state index in [0.717, 1.165) is 11.6 Å². The molecule has 1 atom stereocenters. The average molecular weight is 216 g/mol. The van der Waals surface area contributed by atoms with Gasteiger partial charge in [0.05, 0.1) is 17.7 Å². The Morgan fingerprint density at radius 1 is 1.71 bits per heavy atom. The van der Waals surface area contributed by atoms with Gasteiger partial charge in [0.15, 0.2) is 0 Å². The third-order valence-electron chi connectivity index (χ3n) is 1.71. The quantitative estimate of drug-likeness (QED) is 0.729. The Bertz CT molecular complexity index is 265. The number of hydrogen-bond acceptors (Lipinski definition) is 5. The maximum atomic E-state index is 9.33. The van der Waals surface area contributed by atoms with Crippen LogP contribution in [0.4, 0.5) is 0 Å². The van der Waals surface area contributed by atoms with Crippen LogP contribution in [0.3, 0.4) is 0 Å². The molecule has 1 unspecified atom stereocenters. The van der Waals surface area contributed by atoms with Crippen molar-refractivity contribution in [2.45, 2.75) is 19.6 Å². The molecule has 0 aromatic carbocycles. The Balaban J connectivity index is 2.15. The van der Waals surface area contributed by atoms with Gasteiger partial charge in [-0.25, -0.2) is 4.98 Å². The van der Waals surface area contributed by atoms with Crippen molar-refractivity contribution in [3.63, 3.8) is 0 Å². The van der Waals surface area contributed by atoms with Gasteiger partial charge in [-0.05, 0) is 6.92 Å². The van der Waals surface area contributed by atoms with E-state index in [4.69, 9.17) is 4.74 Å². The average Bonchev–Trinajstić information content (AvgIpc) is 2.52. The Labute approximate surface area is 87.9 Å². The third kappa shape index (κ3) is 4.15. The van der Waals surface area contributed by atoms with Gasteiger partial charge < -0.3 is 15.2 Å². The molecule has 1 heterocycles. The van der Waals surface area contributed by atoms with E-state index in [2.05, 4.69) is 10.3 Å². The van der Waals surface area contributed by atoms with E-state index in [0.29, 0.717) is 13.2 Å². The van der Waals surface area contributed by atoms with E-state index in [-0.39, 0.29) is 0 Å². The standard InChI is InChI=1S/C9H16N2O2S/c1-7-11-5-9(14-7)4-10-3-8(12)6-13-2/h5,8,10,12H,3-4,6H2,1-2H3. The predicted octanol–water partition coefficient (Wildman–Crippen LogP) is 0.548. The molecular weight excluding hydrogens is 200 g/mol. The molecule has 0 aliphatic rings. The molecule has 0 aliphatic heterocycles. The molecule has 2 N–H and O–H groups in total. The summed E-state index contributed by atoms with van der Waals surface area (Å²) in [5, 5.41) is 13.5. The maximum Gasteiger partial charge on any atom is 0.0897 e. The number of methoxy groups -OCH3 is 1. The molecule has 80 valence electrons. The van der Waals surface area contributed by atoms with Gasteiger partial charge in [-0.2, -0.15) is 0 Å². The Morgan fingerprint density at radius 2 is 2.50 bits per heavy atom. The normalized spacial score (nSPS) is 13.1. The highest BCUT2D eigenvalue weighted by atomic mass is 32.1. The molecule has 0 saturated heterocycles. The zero-order chi connectivity index (χ0) is 10.4. The fourth-order valence-corrected chi connectivity index (χ4v) is 1.86. The summed E-state index contributed by atoms with van der Waals surface area (Å²) >= 11 is 1.67. The van der Waals surface area contributed by atoms with Gasteiger partial charge in [0.2, 0.25) is 0 Å². The van der Waals surface area contributed by atoms with E-state index in [1.165, 1.54) is 4.88 Å². The van der Waals surface area contributed by atoms with E-state index in [1.54, 1.807) is 18.4 Å². The van der Waals surface area contributed by atoms with Crippen molar-refractivity contribution in [3.05, 3.63) is 16.1 Å². The van der Waals surface area contributed by atoms with Gasteiger partial charge in [0.1, 0.15) is 0 Å². The minimum atomic E-state index is -0.436. The van der Waals surface area contributed by atoms with Gasteiger partial charge >= 0.3 is 0 Å². The molecule has 0 radical (unpaired) electrons. The van der Waals surface area contributed by atoms with Crippen LogP contribution in [0.15, 0.2) is 6.20 Å². The largest absolute Gasteiger partial charge is 0.389 e. The second-order valence-corrected chi connectivity index (χ2v) is 4.40. The van der Waals surface area contributed by atoms with Crippen molar-refractivity contribution < 1.29 is 9.84 Å². The lowest BCUT2D eigenvalue weighted by Gasteiger charge is -2.09. The van der Waals surface area contributed by atoms with Crippen molar-refractivity contribution in [1.82, 2.24) is 10.3 Å². The van der Waals surface area contributed by atoms with Gasteiger partial charge in [0.25, 0.3) is 0 Å². The fourth-order valence-electron chi connectivity index (χ4n) is 1.10. The first kappa shape index (κ1) is 11.6. The molecule has 0 bridgehead atoms.